The predicted octanol–water partition coefficient (Wildman–Crippen LogP) is 3.59. The Kier molecular flexibility index (Phi) is 5.51. The minimum absolute atomic E-state index is 0.0524. The van der Waals surface area contributed by atoms with Gasteiger partial charge in [-0.2, -0.15) is 0 Å². The summed E-state index contributed by atoms with van der Waals surface area (Å²) in [5.41, 5.74) is 6.25. The van der Waals surface area contributed by atoms with Crippen LogP contribution >= 0.6 is 22.9 Å². The fraction of sp³-hybridized carbons (Fsp3) is 0.438. The number of amides is 2. The number of piperidine rings is 1. The molecular weight excluding hydrogens is 365 g/mol. The third kappa shape index (κ3) is 4.26. The van der Waals surface area contributed by atoms with Gasteiger partial charge in [-0.15, -0.1) is 10.2 Å². The maximum Gasteiger partial charge on any atom is 0.323 e. The Balaban J connectivity index is 1.67. The summed E-state index contributed by atoms with van der Waals surface area (Å²) >= 11 is 6.87. The lowest BCUT2D eigenvalue weighted by atomic mass is 9.92. The van der Waals surface area contributed by atoms with Crippen LogP contribution in [0, 0.1) is 11.7 Å². The molecular formula is C16H19ClFN5OS. The lowest BCUT2D eigenvalue weighted by Gasteiger charge is -2.34. The largest absolute Gasteiger partial charge is 0.328 e. The van der Waals surface area contributed by atoms with Crippen molar-refractivity contribution in [3.63, 3.8) is 0 Å². The highest BCUT2D eigenvalue weighted by atomic mass is 35.5. The van der Waals surface area contributed by atoms with Crippen LogP contribution in [0.5, 0.6) is 0 Å². The number of aromatic nitrogens is 2. The van der Waals surface area contributed by atoms with Gasteiger partial charge in [-0.1, -0.05) is 22.9 Å². The van der Waals surface area contributed by atoms with Crippen molar-refractivity contribution in [1.29, 1.82) is 0 Å². The minimum atomic E-state index is -0.475. The summed E-state index contributed by atoms with van der Waals surface area (Å²) in [6, 6.07) is 4.17. The van der Waals surface area contributed by atoms with Crippen LogP contribution in [0.3, 0.4) is 0 Å². The third-order valence-corrected chi connectivity index (χ3v) is 5.40. The summed E-state index contributed by atoms with van der Waals surface area (Å²) in [7, 11) is 0. The van der Waals surface area contributed by atoms with Crippen molar-refractivity contribution < 1.29 is 9.18 Å². The molecule has 134 valence electrons. The summed E-state index contributed by atoms with van der Waals surface area (Å²) in [6.45, 7) is 3.28. The molecule has 0 spiro atoms. The summed E-state index contributed by atoms with van der Waals surface area (Å²) in [4.78, 5) is 14.2. The first-order chi connectivity index (χ1) is 11.9. The standard InChI is InChI=1S/C16H19ClFN5OS/c1-9(19)10-3-2-6-23(8-10)16(24)20-15-22-21-14(25-15)12-5-4-11(17)7-13(12)18/h4-5,7,9-10H,2-3,6,8,19H2,1H3,(H,20,22,24). The molecule has 1 fully saturated rings. The topological polar surface area (TPSA) is 84.1 Å². The summed E-state index contributed by atoms with van der Waals surface area (Å²) in [5, 5.41) is 11.6. The zero-order chi connectivity index (χ0) is 18.0. The van der Waals surface area contributed by atoms with Crippen LogP contribution in [0.2, 0.25) is 5.02 Å². The van der Waals surface area contributed by atoms with Gasteiger partial charge in [0.25, 0.3) is 0 Å². The first-order valence-corrected chi connectivity index (χ1v) is 9.24. The van der Waals surface area contributed by atoms with Crippen LogP contribution in [0.4, 0.5) is 14.3 Å². The molecule has 1 aliphatic rings. The Labute approximate surface area is 154 Å². The van der Waals surface area contributed by atoms with E-state index >= 15 is 0 Å². The minimum Gasteiger partial charge on any atom is -0.328 e. The zero-order valence-electron chi connectivity index (χ0n) is 13.7. The molecule has 2 heterocycles. The maximum atomic E-state index is 14.0. The van der Waals surface area contributed by atoms with Gasteiger partial charge in [0.05, 0.1) is 0 Å². The van der Waals surface area contributed by atoms with Crippen molar-refractivity contribution in [3.8, 4) is 10.6 Å². The number of halogens is 2. The Morgan fingerprint density at radius 3 is 3.04 bits per heavy atom. The molecule has 1 aromatic heterocycles. The van der Waals surface area contributed by atoms with Gasteiger partial charge in [0.15, 0.2) is 5.01 Å². The lowest BCUT2D eigenvalue weighted by molar-refractivity contribution is 0.169. The van der Waals surface area contributed by atoms with E-state index in [0.29, 0.717) is 39.7 Å². The molecule has 2 aromatic rings. The number of hydrogen-bond acceptors (Lipinski definition) is 5. The van der Waals surface area contributed by atoms with Crippen molar-refractivity contribution >= 4 is 34.1 Å². The molecule has 1 aliphatic heterocycles. The van der Waals surface area contributed by atoms with Crippen LogP contribution in [0.15, 0.2) is 18.2 Å². The average Bonchev–Trinajstić information content (AvgIpc) is 3.03. The first kappa shape index (κ1) is 18.0. The van der Waals surface area contributed by atoms with E-state index in [-0.39, 0.29) is 12.1 Å². The molecule has 9 heteroatoms. The molecule has 1 saturated heterocycles. The van der Waals surface area contributed by atoms with Crippen LogP contribution in [0.1, 0.15) is 19.8 Å². The van der Waals surface area contributed by atoms with Gasteiger partial charge in [-0.05, 0) is 43.9 Å². The summed E-state index contributed by atoms with van der Waals surface area (Å²) in [6.07, 6.45) is 1.96. The summed E-state index contributed by atoms with van der Waals surface area (Å²) < 4.78 is 14.0. The number of urea groups is 1. The molecule has 2 unspecified atom stereocenters. The molecule has 2 atom stereocenters. The van der Waals surface area contributed by atoms with Gasteiger partial charge >= 0.3 is 6.03 Å². The number of carbonyl (C=O) groups is 1. The zero-order valence-corrected chi connectivity index (χ0v) is 15.3. The van der Waals surface area contributed by atoms with Gasteiger partial charge in [-0.3, -0.25) is 5.32 Å². The van der Waals surface area contributed by atoms with Crippen molar-refractivity contribution in [3.05, 3.63) is 29.0 Å². The predicted molar refractivity (Wildman–Crippen MR) is 97.3 cm³/mol. The number of benzene rings is 1. The van der Waals surface area contributed by atoms with Gasteiger partial charge in [0, 0.05) is 29.7 Å². The maximum absolute atomic E-state index is 14.0. The second-order valence-electron chi connectivity index (χ2n) is 6.17. The van der Waals surface area contributed by atoms with Gasteiger partial charge in [0.2, 0.25) is 5.13 Å². The second kappa shape index (κ2) is 7.63. The van der Waals surface area contributed by atoms with Gasteiger partial charge in [0.1, 0.15) is 5.82 Å². The van der Waals surface area contributed by atoms with Crippen molar-refractivity contribution in [2.24, 2.45) is 11.7 Å². The molecule has 0 radical (unpaired) electrons. The summed E-state index contributed by atoms with van der Waals surface area (Å²) in [5.74, 6) is -0.176. The number of nitrogens with zero attached hydrogens (tertiary/aromatic N) is 3. The lowest BCUT2D eigenvalue weighted by Crippen LogP contribution is -2.46. The van der Waals surface area contributed by atoms with Crippen molar-refractivity contribution in [1.82, 2.24) is 15.1 Å². The molecule has 25 heavy (non-hydrogen) atoms. The van der Waals surface area contributed by atoms with E-state index in [9.17, 15) is 9.18 Å². The van der Waals surface area contributed by atoms with E-state index in [1.165, 1.54) is 6.07 Å². The molecule has 6 nitrogen and oxygen atoms in total. The van der Waals surface area contributed by atoms with Crippen molar-refractivity contribution in [2.45, 2.75) is 25.8 Å². The monoisotopic (exact) mass is 383 g/mol. The Morgan fingerprint density at radius 1 is 1.52 bits per heavy atom. The molecule has 0 aliphatic carbocycles. The fourth-order valence-electron chi connectivity index (χ4n) is 2.84. The van der Waals surface area contributed by atoms with Crippen LogP contribution < -0.4 is 11.1 Å². The van der Waals surface area contributed by atoms with E-state index in [0.717, 1.165) is 24.2 Å². The highest BCUT2D eigenvalue weighted by molar-refractivity contribution is 7.18. The quantitative estimate of drug-likeness (QED) is 0.848. The number of nitrogens with one attached hydrogen (secondary N) is 1. The number of rotatable bonds is 3. The Morgan fingerprint density at radius 2 is 2.32 bits per heavy atom. The highest BCUT2D eigenvalue weighted by Crippen LogP contribution is 2.30. The van der Waals surface area contributed by atoms with Crippen LogP contribution in [0.25, 0.3) is 10.6 Å². The third-order valence-electron chi connectivity index (χ3n) is 4.29. The number of nitrogens with two attached hydrogens (primary N) is 1. The van der Waals surface area contributed by atoms with E-state index in [4.69, 9.17) is 17.3 Å². The van der Waals surface area contributed by atoms with Crippen molar-refractivity contribution in [2.75, 3.05) is 18.4 Å². The average molecular weight is 384 g/mol. The SMILES string of the molecule is CC(N)C1CCCN(C(=O)Nc2nnc(-c3ccc(Cl)cc3F)s2)C1. The number of anilines is 1. The molecule has 2 amide bonds. The normalized spacial score (nSPS) is 18.9. The number of likely N-dealkylation sites (tertiary alicyclic amines) is 1. The molecule has 3 N–H and O–H groups in total. The smallest absolute Gasteiger partial charge is 0.323 e. The molecule has 3 rings (SSSR count). The Hall–Kier alpha value is -1.77. The van der Waals surface area contributed by atoms with E-state index in [1.54, 1.807) is 17.0 Å². The van der Waals surface area contributed by atoms with Gasteiger partial charge < -0.3 is 10.6 Å². The molecule has 0 bridgehead atoms. The first-order valence-electron chi connectivity index (χ1n) is 8.04. The Bertz CT molecular complexity index is 769. The van der Waals surface area contributed by atoms with Crippen LogP contribution in [-0.4, -0.2) is 40.3 Å². The van der Waals surface area contributed by atoms with E-state index in [1.807, 2.05) is 6.92 Å². The van der Waals surface area contributed by atoms with E-state index < -0.39 is 5.82 Å². The molecule has 0 saturated carbocycles. The molecule has 1 aromatic carbocycles. The number of hydrogen-bond donors (Lipinski definition) is 2. The van der Waals surface area contributed by atoms with E-state index in [2.05, 4.69) is 15.5 Å². The highest BCUT2D eigenvalue weighted by Gasteiger charge is 2.26. The number of carbonyl (C=O) groups excluding carboxylic acids is 1. The van der Waals surface area contributed by atoms with Gasteiger partial charge in [-0.25, -0.2) is 9.18 Å². The van der Waals surface area contributed by atoms with Crippen LogP contribution in [-0.2, 0) is 0 Å². The fourth-order valence-corrected chi connectivity index (χ4v) is 3.76. The second-order valence-corrected chi connectivity index (χ2v) is 7.59.